The van der Waals surface area contributed by atoms with Crippen molar-refractivity contribution < 1.29 is 18.9 Å². The molecule has 0 aliphatic carbocycles. The highest BCUT2D eigenvalue weighted by Crippen LogP contribution is 2.37. The van der Waals surface area contributed by atoms with Crippen LogP contribution < -0.4 is 11.5 Å². The minimum absolute atomic E-state index is 0. The van der Waals surface area contributed by atoms with Gasteiger partial charge in [-0.15, -0.1) is 17.5 Å². The molecule has 28 heavy (non-hydrogen) atoms. The smallest absolute Gasteiger partial charge is 0.370 e. The van der Waals surface area contributed by atoms with Crippen LogP contribution in [0, 0.1) is 0 Å². The van der Waals surface area contributed by atoms with Gasteiger partial charge in [0, 0.05) is 5.56 Å². The third kappa shape index (κ3) is 5.62. The van der Waals surface area contributed by atoms with Crippen molar-refractivity contribution in [2.75, 3.05) is 0 Å². The largest absolute Gasteiger partial charge is 0.469 e. The fourth-order valence-corrected chi connectivity index (χ4v) is 2.66. The molecule has 0 spiro atoms. The minimum Gasteiger partial charge on any atom is -0.370 e. The van der Waals surface area contributed by atoms with Gasteiger partial charge >= 0.3 is 7.82 Å². The summed E-state index contributed by atoms with van der Waals surface area (Å²) in [4.78, 5) is 21.6. The van der Waals surface area contributed by atoms with E-state index in [-0.39, 0.29) is 25.0 Å². The van der Waals surface area contributed by atoms with E-state index in [9.17, 15) is 4.57 Å². The average Bonchev–Trinajstić information content (AvgIpc) is 3.10. The molecule has 0 bridgehead atoms. The number of aromatic nitrogens is 3. The summed E-state index contributed by atoms with van der Waals surface area (Å²) in [6.45, 7) is -0.195. The molecule has 0 aliphatic heterocycles. The van der Waals surface area contributed by atoms with Crippen LogP contribution in [0.1, 0.15) is 5.56 Å². The highest BCUT2D eigenvalue weighted by atomic mass is 35.5. The maximum atomic E-state index is 10.7. The van der Waals surface area contributed by atoms with Crippen LogP contribution in [0.5, 0.6) is 0 Å². The van der Waals surface area contributed by atoms with E-state index in [1.807, 2.05) is 18.2 Å². The van der Waals surface area contributed by atoms with Gasteiger partial charge in [0.2, 0.25) is 0 Å². The van der Waals surface area contributed by atoms with Crippen molar-refractivity contribution in [1.29, 1.82) is 0 Å². The number of guanidine groups is 1. The van der Waals surface area contributed by atoms with Crippen LogP contribution in [0.4, 0.5) is 5.69 Å². The summed E-state index contributed by atoms with van der Waals surface area (Å²) in [6, 6.07) is 14.1. The average molecular weight is 425 g/mol. The van der Waals surface area contributed by atoms with Crippen molar-refractivity contribution in [2.45, 2.75) is 6.61 Å². The number of rotatable bonds is 6. The molecule has 0 amide bonds. The van der Waals surface area contributed by atoms with Crippen LogP contribution in [0.15, 0.2) is 59.7 Å². The summed E-state index contributed by atoms with van der Waals surface area (Å²) in [7, 11) is -4.50. The molecule has 3 aromatic rings. The highest BCUT2D eigenvalue weighted by Gasteiger charge is 2.14. The summed E-state index contributed by atoms with van der Waals surface area (Å²) in [5, 5.41) is 8.25. The van der Waals surface area contributed by atoms with Crippen molar-refractivity contribution in [1.82, 2.24) is 15.0 Å². The number of para-hydroxylation sites is 1. The molecule has 10 nitrogen and oxygen atoms in total. The fourth-order valence-electron chi connectivity index (χ4n) is 2.34. The number of hydrogen-bond donors (Lipinski definition) is 4. The van der Waals surface area contributed by atoms with E-state index >= 15 is 0 Å². The Kier molecular flexibility index (Phi) is 6.90. The summed E-state index contributed by atoms with van der Waals surface area (Å²) in [5.41, 5.74) is 14.1. The molecule has 0 aliphatic rings. The van der Waals surface area contributed by atoms with Gasteiger partial charge in [-0.05, 0) is 23.8 Å². The molecule has 6 N–H and O–H groups in total. The summed E-state index contributed by atoms with van der Waals surface area (Å²) in [6.07, 6.45) is 1.72. The molecule has 0 saturated carbocycles. The molecule has 0 fully saturated rings. The van der Waals surface area contributed by atoms with Gasteiger partial charge in [-0.2, -0.15) is 0 Å². The highest BCUT2D eigenvalue weighted by molar-refractivity contribution is 7.46. The Labute approximate surface area is 166 Å². The standard InChI is InChI=1S/C16H17N6O4P.ClH/c17-16(18)19-14-4-2-1-3-13(14)15-9-22(21-20-15)12-7-5-11(6-8-12)10-26-27(23,24)25;/h1-9H,10H2,(H4,17,18,19)(H2,23,24,25);1H. The number of phosphoric ester groups is 1. The van der Waals surface area contributed by atoms with Gasteiger partial charge in [-0.1, -0.05) is 35.5 Å². The lowest BCUT2D eigenvalue weighted by Gasteiger charge is -2.06. The first kappa shape index (κ1) is 21.5. The molecule has 0 atom stereocenters. The molecule has 12 heteroatoms. The monoisotopic (exact) mass is 424 g/mol. The molecule has 0 unspecified atom stereocenters. The maximum absolute atomic E-state index is 10.7. The SMILES string of the molecule is Cl.NC(N)=Nc1ccccc1-c1cn(-c2ccc(COP(=O)(O)O)cc2)nn1. The Hall–Kier alpha value is -2.75. The van der Waals surface area contributed by atoms with E-state index < -0.39 is 7.82 Å². The number of aliphatic imine (C=N–C) groups is 1. The zero-order valence-electron chi connectivity index (χ0n) is 14.4. The lowest BCUT2D eigenvalue weighted by atomic mass is 10.1. The van der Waals surface area contributed by atoms with E-state index in [4.69, 9.17) is 21.3 Å². The first-order valence-corrected chi connectivity index (χ1v) is 9.26. The Morgan fingerprint density at radius 2 is 1.82 bits per heavy atom. The number of phosphoric acid groups is 1. The van der Waals surface area contributed by atoms with Gasteiger partial charge in [-0.3, -0.25) is 4.52 Å². The summed E-state index contributed by atoms with van der Waals surface area (Å²) >= 11 is 0. The molecule has 3 rings (SSSR count). The van der Waals surface area contributed by atoms with Crippen LogP contribution in [0.25, 0.3) is 16.9 Å². The molecular formula is C16H18ClN6O4P. The first-order valence-electron chi connectivity index (χ1n) is 7.72. The molecule has 0 saturated heterocycles. The summed E-state index contributed by atoms with van der Waals surface area (Å²) in [5.74, 6) is -0.0528. The topological polar surface area (TPSA) is 162 Å². The van der Waals surface area contributed by atoms with Gasteiger partial charge < -0.3 is 21.3 Å². The quantitative estimate of drug-likeness (QED) is 0.265. The van der Waals surface area contributed by atoms with Gasteiger partial charge in [0.1, 0.15) is 5.69 Å². The molecule has 1 heterocycles. The van der Waals surface area contributed by atoms with Crippen LogP contribution >= 0.6 is 20.2 Å². The Bertz CT molecular complexity index is 1010. The van der Waals surface area contributed by atoms with Crippen LogP contribution in [0.3, 0.4) is 0 Å². The lowest BCUT2D eigenvalue weighted by Crippen LogP contribution is -2.21. The van der Waals surface area contributed by atoms with E-state index in [0.29, 0.717) is 22.6 Å². The third-order valence-corrected chi connectivity index (χ3v) is 3.99. The van der Waals surface area contributed by atoms with Crippen molar-refractivity contribution >= 4 is 31.9 Å². The summed E-state index contributed by atoms with van der Waals surface area (Å²) < 4.78 is 16.8. The number of hydrogen-bond acceptors (Lipinski definition) is 5. The number of halogens is 1. The number of nitrogens with zero attached hydrogens (tertiary/aromatic N) is 4. The Morgan fingerprint density at radius 3 is 2.46 bits per heavy atom. The Morgan fingerprint density at radius 1 is 1.14 bits per heavy atom. The zero-order chi connectivity index (χ0) is 19.4. The second-order valence-corrected chi connectivity index (χ2v) is 6.77. The molecular weight excluding hydrogens is 407 g/mol. The molecule has 0 radical (unpaired) electrons. The van der Waals surface area contributed by atoms with Crippen LogP contribution in [0.2, 0.25) is 0 Å². The number of benzene rings is 2. The van der Waals surface area contributed by atoms with Crippen molar-refractivity contribution in [3.8, 4) is 16.9 Å². The van der Waals surface area contributed by atoms with Crippen LogP contribution in [-0.2, 0) is 15.7 Å². The predicted octanol–water partition coefficient (Wildman–Crippen LogP) is 1.87. The van der Waals surface area contributed by atoms with Crippen molar-refractivity contribution in [3.63, 3.8) is 0 Å². The van der Waals surface area contributed by atoms with Crippen LogP contribution in [-0.4, -0.2) is 30.7 Å². The zero-order valence-corrected chi connectivity index (χ0v) is 16.1. The minimum atomic E-state index is -4.50. The third-order valence-electron chi connectivity index (χ3n) is 3.52. The number of nitrogens with two attached hydrogens (primary N) is 2. The second kappa shape index (κ2) is 8.96. The van der Waals surface area contributed by atoms with Gasteiger partial charge in [0.25, 0.3) is 0 Å². The molecule has 148 valence electrons. The maximum Gasteiger partial charge on any atom is 0.469 e. The first-order chi connectivity index (χ1) is 12.8. The lowest BCUT2D eigenvalue weighted by molar-refractivity contribution is 0.189. The van der Waals surface area contributed by atoms with E-state index in [1.165, 1.54) is 0 Å². The normalized spacial score (nSPS) is 10.9. The second-order valence-electron chi connectivity index (χ2n) is 5.53. The molecule has 2 aromatic carbocycles. The van der Waals surface area contributed by atoms with E-state index in [2.05, 4.69) is 19.8 Å². The van der Waals surface area contributed by atoms with Gasteiger partial charge in [0.15, 0.2) is 5.96 Å². The fraction of sp³-hybridized carbons (Fsp3) is 0.0625. The predicted molar refractivity (Wildman–Crippen MR) is 106 cm³/mol. The van der Waals surface area contributed by atoms with Crippen molar-refractivity contribution in [2.24, 2.45) is 16.5 Å². The van der Waals surface area contributed by atoms with Gasteiger partial charge in [-0.25, -0.2) is 14.2 Å². The van der Waals surface area contributed by atoms with E-state index in [0.717, 1.165) is 5.56 Å². The van der Waals surface area contributed by atoms with Crippen molar-refractivity contribution in [3.05, 3.63) is 60.3 Å². The molecule has 1 aromatic heterocycles. The van der Waals surface area contributed by atoms with Gasteiger partial charge in [0.05, 0.1) is 24.2 Å². The van der Waals surface area contributed by atoms with E-state index in [1.54, 1.807) is 41.2 Å². The Balaban J connectivity index is 0.00000280.